The Morgan fingerprint density at radius 2 is 1.89 bits per heavy atom. The zero-order valence-electron chi connectivity index (χ0n) is 19.2. The number of ether oxygens (including phenoxy) is 3. The second kappa shape index (κ2) is 9.83. The van der Waals surface area contributed by atoms with Gasteiger partial charge < -0.3 is 24.0 Å². The van der Waals surface area contributed by atoms with Gasteiger partial charge in [-0.25, -0.2) is 13.8 Å². The second-order valence-corrected chi connectivity index (χ2v) is 8.24. The fourth-order valence-electron chi connectivity index (χ4n) is 4.13. The lowest BCUT2D eigenvalue weighted by molar-refractivity contribution is 0.0731. The van der Waals surface area contributed by atoms with E-state index in [1.807, 2.05) is 4.90 Å². The van der Waals surface area contributed by atoms with Crippen molar-refractivity contribution in [1.82, 2.24) is 14.9 Å². The monoisotopic (exact) mass is 482 g/mol. The van der Waals surface area contributed by atoms with Crippen molar-refractivity contribution in [2.45, 2.75) is 13.0 Å². The average molecular weight is 482 g/mol. The first-order chi connectivity index (χ1) is 17.0. The fraction of sp³-hybridized carbons (Fsp3) is 0.320. The van der Waals surface area contributed by atoms with E-state index in [0.717, 1.165) is 17.8 Å². The highest BCUT2D eigenvalue weighted by atomic mass is 19.1. The summed E-state index contributed by atoms with van der Waals surface area (Å²) in [6.07, 6.45) is 0.479. The maximum atomic E-state index is 14.4. The molecule has 1 aromatic heterocycles. The molecule has 1 saturated heterocycles. The van der Waals surface area contributed by atoms with Crippen LogP contribution in [-0.4, -0.2) is 60.7 Å². The van der Waals surface area contributed by atoms with Crippen LogP contribution in [0.5, 0.6) is 17.4 Å². The zero-order chi connectivity index (χ0) is 24.4. The number of aromatic nitrogens is 2. The lowest BCUT2D eigenvalue weighted by Gasteiger charge is -2.32. The van der Waals surface area contributed by atoms with E-state index >= 15 is 0 Å². The van der Waals surface area contributed by atoms with Crippen LogP contribution in [0, 0.1) is 11.6 Å². The lowest BCUT2D eigenvalue weighted by Crippen LogP contribution is -2.39. The van der Waals surface area contributed by atoms with Crippen LogP contribution in [0.4, 0.5) is 14.7 Å². The number of fused-ring (bicyclic) bond motifs is 1. The van der Waals surface area contributed by atoms with E-state index in [9.17, 15) is 13.6 Å². The number of hydrogen-bond donors (Lipinski definition) is 0. The van der Waals surface area contributed by atoms with Crippen LogP contribution in [0.15, 0.2) is 42.5 Å². The Kier molecular flexibility index (Phi) is 6.45. The summed E-state index contributed by atoms with van der Waals surface area (Å²) < 4.78 is 44.4. The maximum absolute atomic E-state index is 14.4. The number of morpholine rings is 1. The standard InChI is InChI=1S/C25H24F2N4O4/c1-33-18-4-2-3-16(13-18)24(32)31-8-7-21-19(15-31)23(35-22-6-5-17(26)14-20(22)27)29-25(28-21)30-9-11-34-12-10-30/h2-6,13-14H,7-12,15H2,1H3. The summed E-state index contributed by atoms with van der Waals surface area (Å²) in [5.74, 6) is -0.693. The molecule has 5 rings (SSSR count). The van der Waals surface area contributed by atoms with Crippen molar-refractivity contribution in [3.8, 4) is 17.4 Å². The predicted molar refractivity (Wildman–Crippen MR) is 123 cm³/mol. The van der Waals surface area contributed by atoms with Gasteiger partial charge in [0.2, 0.25) is 11.8 Å². The molecule has 0 saturated carbocycles. The number of nitrogens with zero attached hydrogens (tertiary/aromatic N) is 4. The molecule has 1 amide bonds. The molecule has 3 heterocycles. The second-order valence-electron chi connectivity index (χ2n) is 8.24. The van der Waals surface area contributed by atoms with Crippen molar-refractivity contribution in [3.63, 3.8) is 0 Å². The molecule has 0 N–H and O–H groups in total. The van der Waals surface area contributed by atoms with Crippen LogP contribution in [-0.2, 0) is 17.7 Å². The summed E-state index contributed by atoms with van der Waals surface area (Å²) in [6.45, 7) is 2.96. The van der Waals surface area contributed by atoms with Crippen molar-refractivity contribution in [3.05, 3.63) is 70.9 Å². The number of methoxy groups -OCH3 is 1. The van der Waals surface area contributed by atoms with Crippen molar-refractivity contribution in [2.24, 2.45) is 0 Å². The minimum absolute atomic E-state index is 0.144. The van der Waals surface area contributed by atoms with Gasteiger partial charge in [0.25, 0.3) is 5.91 Å². The molecule has 0 unspecified atom stereocenters. The van der Waals surface area contributed by atoms with Crippen molar-refractivity contribution >= 4 is 11.9 Å². The van der Waals surface area contributed by atoms with E-state index in [2.05, 4.69) is 4.98 Å². The number of hydrogen-bond acceptors (Lipinski definition) is 7. The van der Waals surface area contributed by atoms with Crippen LogP contribution in [0.25, 0.3) is 0 Å². The molecule has 35 heavy (non-hydrogen) atoms. The Hall–Kier alpha value is -3.79. The molecular weight excluding hydrogens is 458 g/mol. The summed E-state index contributed by atoms with van der Waals surface area (Å²) in [5.41, 5.74) is 1.81. The lowest BCUT2D eigenvalue weighted by atomic mass is 10.0. The quantitative estimate of drug-likeness (QED) is 0.550. The molecule has 0 bridgehead atoms. The van der Waals surface area contributed by atoms with E-state index < -0.39 is 11.6 Å². The molecule has 2 aliphatic rings. The third-order valence-corrected chi connectivity index (χ3v) is 6.01. The van der Waals surface area contributed by atoms with Gasteiger partial charge in [-0.3, -0.25) is 4.79 Å². The van der Waals surface area contributed by atoms with Gasteiger partial charge in [-0.1, -0.05) is 6.07 Å². The molecule has 8 nitrogen and oxygen atoms in total. The molecule has 182 valence electrons. The Bertz CT molecular complexity index is 1250. The van der Waals surface area contributed by atoms with Gasteiger partial charge in [-0.15, -0.1) is 0 Å². The highest BCUT2D eigenvalue weighted by molar-refractivity contribution is 5.94. The average Bonchev–Trinajstić information content (AvgIpc) is 2.90. The van der Waals surface area contributed by atoms with E-state index in [1.54, 1.807) is 36.3 Å². The Balaban J connectivity index is 1.49. The molecule has 2 aliphatic heterocycles. The van der Waals surface area contributed by atoms with Crippen LogP contribution in [0.1, 0.15) is 21.6 Å². The van der Waals surface area contributed by atoms with Gasteiger partial charge in [0.05, 0.1) is 38.1 Å². The topological polar surface area (TPSA) is 77.0 Å². The summed E-state index contributed by atoms with van der Waals surface area (Å²) in [6, 6.07) is 10.0. The Labute approximate surface area is 201 Å². The van der Waals surface area contributed by atoms with E-state index in [-0.39, 0.29) is 24.1 Å². The van der Waals surface area contributed by atoms with E-state index in [4.69, 9.17) is 19.2 Å². The largest absolute Gasteiger partial charge is 0.497 e. The predicted octanol–water partition coefficient (Wildman–Crippen LogP) is 3.59. The number of anilines is 1. The molecule has 0 spiro atoms. The van der Waals surface area contributed by atoms with Gasteiger partial charge in [-0.2, -0.15) is 4.98 Å². The minimum atomic E-state index is -0.842. The van der Waals surface area contributed by atoms with Crippen molar-refractivity contribution < 1.29 is 27.8 Å². The maximum Gasteiger partial charge on any atom is 0.254 e. The number of carbonyl (C=O) groups excluding carboxylic acids is 1. The van der Waals surface area contributed by atoms with Crippen LogP contribution < -0.4 is 14.4 Å². The molecular formula is C25H24F2N4O4. The molecule has 1 fully saturated rings. The fourth-order valence-corrected chi connectivity index (χ4v) is 4.13. The van der Waals surface area contributed by atoms with E-state index in [0.29, 0.717) is 62.1 Å². The third kappa shape index (κ3) is 4.88. The molecule has 0 atom stereocenters. The Morgan fingerprint density at radius 3 is 2.66 bits per heavy atom. The summed E-state index contributed by atoms with van der Waals surface area (Å²) >= 11 is 0. The van der Waals surface area contributed by atoms with Gasteiger partial charge in [0.15, 0.2) is 11.6 Å². The Morgan fingerprint density at radius 1 is 1.06 bits per heavy atom. The number of amides is 1. The van der Waals surface area contributed by atoms with Crippen LogP contribution in [0.3, 0.4) is 0 Å². The summed E-state index contributed by atoms with van der Waals surface area (Å²) in [4.78, 5) is 26.2. The van der Waals surface area contributed by atoms with Gasteiger partial charge in [-0.05, 0) is 30.3 Å². The summed E-state index contributed by atoms with van der Waals surface area (Å²) in [7, 11) is 1.54. The molecule has 3 aromatic rings. The van der Waals surface area contributed by atoms with Gasteiger partial charge in [0, 0.05) is 37.7 Å². The number of halogens is 2. The van der Waals surface area contributed by atoms with Crippen LogP contribution >= 0.6 is 0 Å². The first kappa shape index (κ1) is 23.0. The number of rotatable bonds is 5. The number of benzene rings is 2. The molecule has 10 heteroatoms. The summed E-state index contributed by atoms with van der Waals surface area (Å²) in [5, 5.41) is 0. The first-order valence-corrected chi connectivity index (χ1v) is 11.3. The van der Waals surface area contributed by atoms with Crippen molar-refractivity contribution in [1.29, 1.82) is 0 Å². The van der Waals surface area contributed by atoms with Gasteiger partial charge in [0.1, 0.15) is 11.6 Å². The third-order valence-electron chi connectivity index (χ3n) is 6.01. The van der Waals surface area contributed by atoms with Crippen molar-refractivity contribution in [2.75, 3.05) is 44.9 Å². The highest BCUT2D eigenvalue weighted by Gasteiger charge is 2.29. The van der Waals surface area contributed by atoms with Gasteiger partial charge >= 0.3 is 0 Å². The first-order valence-electron chi connectivity index (χ1n) is 11.3. The molecule has 0 radical (unpaired) electrons. The highest BCUT2D eigenvalue weighted by Crippen LogP contribution is 2.33. The number of carbonyl (C=O) groups is 1. The normalized spacial score (nSPS) is 15.5. The van der Waals surface area contributed by atoms with Crippen LogP contribution in [0.2, 0.25) is 0 Å². The molecule has 0 aliphatic carbocycles. The minimum Gasteiger partial charge on any atom is -0.497 e. The SMILES string of the molecule is COc1cccc(C(=O)N2CCc3nc(N4CCOCC4)nc(Oc4ccc(F)cc4F)c3C2)c1. The van der Waals surface area contributed by atoms with E-state index in [1.165, 1.54) is 6.07 Å². The molecule has 2 aromatic carbocycles. The zero-order valence-corrected chi connectivity index (χ0v) is 19.2. The smallest absolute Gasteiger partial charge is 0.254 e.